The van der Waals surface area contributed by atoms with E-state index in [2.05, 4.69) is 26.0 Å². The van der Waals surface area contributed by atoms with Gasteiger partial charge in [-0.25, -0.2) is 12.9 Å². The summed E-state index contributed by atoms with van der Waals surface area (Å²) in [5, 5.41) is 4.16. The van der Waals surface area contributed by atoms with Gasteiger partial charge in [0.25, 0.3) is 5.91 Å². The highest BCUT2D eigenvalue weighted by Crippen LogP contribution is 2.23. The van der Waals surface area contributed by atoms with Crippen LogP contribution in [0.1, 0.15) is 16.1 Å². The third-order valence-corrected chi connectivity index (χ3v) is 4.74. The van der Waals surface area contributed by atoms with E-state index in [1.807, 2.05) is 6.07 Å². The highest BCUT2D eigenvalue weighted by Gasteiger charge is 2.16. The molecule has 0 spiro atoms. The Kier molecular flexibility index (Phi) is 4.63. The van der Waals surface area contributed by atoms with Gasteiger partial charge in [0, 0.05) is 25.1 Å². The van der Waals surface area contributed by atoms with E-state index in [1.54, 1.807) is 36.1 Å². The molecule has 3 rings (SSSR count). The van der Waals surface area contributed by atoms with Gasteiger partial charge in [0.05, 0.1) is 21.9 Å². The Balaban J connectivity index is 1.86. The fourth-order valence-electron chi connectivity index (χ4n) is 2.23. The van der Waals surface area contributed by atoms with E-state index < -0.39 is 10.7 Å². The van der Waals surface area contributed by atoms with Crippen molar-refractivity contribution < 1.29 is 13.2 Å². The third kappa shape index (κ3) is 3.31. The SMILES string of the molecule is CN(C(=O)c1ccc(C[SH](=O)=O)cn1)c1ccn2ncc(Br)c2c1. The van der Waals surface area contributed by atoms with E-state index in [1.165, 1.54) is 17.2 Å². The average Bonchev–Trinajstić information content (AvgIpc) is 2.94. The molecule has 0 radical (unpaired) electrons. The van der Waals surface area contributed by atoms with Crippen LogP contribution < -0.4 is 4.90 Å². The maximum absolute atomic E-state index is 12.5. The van der Waals surface area contributed by atoms with Crippen molar-refractivity contribution in [3.8, 4) is 0 Å². The smallest absolute Gasteiger partial charge is 0.276 e. The zero-order valence-electron chi connectivity index (χ0n) is 12.6. The van der Waals surface area contributed by atoms with Crippen LogP contribution in [0.3, 0.4) is 0 Å². The molecular formula is C15H13BrN4O3S. The molecule has 3 aromatic heterocycles. The van der Waals surface area contributed by atoms with E-state index in [4.69, 9.17) is 0 Å². The summed E-state index contributed by atoms with van der Waals surface area (Å²) in [5.41, 5.74) is 2.33. The molecule has 0 unspecified atom stereocenters. The number of aromatic nitrogens is 3. The highest BCUT2D eigenvalue weighted by atomic mass is 79.9. The van der Waals surface area contributed by atoms with E-state index in [9.17, 15) is 13.2 Å². The van der Waals surface area contributed by atoms with Crippen LogP contribution >= 0.6 is 15.9 Å². The number of halogens is 1. The number of nitrogens with zero attached hydrogens (tertiary/aromatic N) is 4. The Morgan fingerprint density at radius 3 is 2.75 bits per heavy atom. The van der Waals surface area contributed by atoms with Crippen molar-refractivity contribution in [2.75, 3.05) is 11.9 Å². The van der Waals surface area contributed by atoms with Crippen molar-refractivity contribution in [2.24, 2.45) is 0 Å². The maximum atomic E-state index is 12.5. The van der Waals surface area contributed by atoms with Crippen LogP contribution in [0.5, 0.6) is 0 Å². The largest absolute Gasteiger partial charge is 0.310 e. The molecule has 1 amide bonds. The number of anilines is 1. The second-order valence-electron chi connectivity index (χ2n) is 5.11. The van der Waals surface area contributed by atoms with Crippen molar-refractivity contribution in [3.05, 3.63) is 58.6 Å². The lowest BCUT2D eigenvalue weighted by Crippen LogP contribution is -2.27. The fraction of sp³-hybridized carbons (Fsp3) is 0.133. The van der Waals surface area contributed by atoms with Crippen molar-refractivity contribution in [3.63, 3.8) is 0 Å². The molecule has 7 nitrogen and oxygen atoms in total. The molecule has 0 atom stereocenters. The monoisotopic (exact) mass is 408 g/mol. The van der Waals surface area contributed by atoms with Crippen LogP contribution in [0.15, 0.2) is 47.3 Å². The molecule has 0 fully saturated rings. The molecule has 0 N–H and O–H groups in total. The summed E-state index contributed by atoms with van der Waals surface area (Å²) in [5.74, 6) is -0.369. The van der Waals surface area contributed by atoms with Gasteiger partial charge in [0.1, 0.15) is 16.4 Å². The van der Waals surface area contributed by atoms with Crippen molar-refractivity contribution in [1.29, 1.82) is 0 Å². The van der Waals surface area contributed by atoms with Gasteiger partial charge in [-0.15, -0.1) is 0 Å². The molecule has 0 saturated carbocycles. The van der Waals surface area contributed by atoms with Crippen molar-refractivity contribution >= 4 is 43.7 Å². The van der Waals surface area contributed by atoms with Gasteiger partial charge >= 0.3 is 0 Å². The zero-order chi connectivity index (χ0) is 17.3. The first kappa shape index (κ1) is 16.6. The molecular weight excluding hydrogens is 396 g/mol. The molecule has 9 heteroatoms. The summed E-state index contributed by atoms with van der Waals surface area (Å²) in [6, 6.07) is 6.74. The molecule has 24 heavy (non-hydrogen) atoms. The van der Waals surface area contributed by atoms with Gasteiger partial charge in [-0.05, 0) is 39.7 Å². The second-order valence-corrected chi connectivity index (χ2v) is 6.95. The molecule has 0 aromatic carbocycles. The fourth-order valence-corrected chi connectivity index (χ4v) is 3.10. The predicted molar refractivity (Wildman–Crippen MR) is 93.9 cm³/mol. The van der Waals surface area contributed by atoms with Crippen LogP contribution in [-0.2, 0) is 16.5 Å². The average molecular weight is 409 g/mol. The molecule has 3 aromatic rings. The molecule has 3 heterocycles. The highest BCUT2D eigenvalue weighted by molar-refractivity contribution is 9.10. The van der Waals surface area contributed by atoms with Crippen molar-refractivity contribution in [1.82, 2.24) is 14.6 Å². The standard InChI is InChI=1S/C15H13BrN4O3S/c1-19(11-4-5-20-14(6-11)12(16)8-18-20)15(21)13-3-2-10(7-17-13)9-24(22)23/h2-8,24H,9H2,1H3. The Morgan fingerprint density at radius 2 is 2.08 bits per heavy atom. The van der Waals surface area contributed by atoms with Gasteiger partial charge in [-0.3, -0.25) is 9.78 Å². The van der Waals surface area contributed by atoms with Crippen LogP contribution in [0, 0.1) is 0 Å². The van der Waals surface area contributed by atoms with E-state index in [0.29, 0.717) is 11.3 Å². The van der Waals surface area contributed by atoms with Gasteiger partial charge in [0.15, 0.2) is 0 Å². The first-order valence-corrected chi connectivity index (χ1v) is 9.09. The lowest BCUT2D eigenvalue weighted by atomic mass is 10.2. The number of thiol groups is 1. The number of fused-ring (bicyclic) bond motifs is 1. The van der Waals surface area contributed by atoms with Crippen LogP contribution in [0.2, 0.25) is 0 Å². The minimum absolute atomic E-state index is 0.0848. The number of hydrogen-bond acceptors (Lipinski definition) is 5. The molecule has 0 aliphatic carbocycles. The van der Waals surface area contributed by atoms with Gasteiger partial charge in [0.2, 0.25) is 0 Å². The number of amides is 1. The Labute approximate surface area is 148 Å². The third-order valence-electron chi connectivity index (χ3n) is 3.51. The Bertz CT molecular complexity index is 974. The predicted octanol–water partition coefficient (Wildman–Crippen LogP) is 1.88. The Morgan fingerprint density at radius 1 is 1.29 bits per heavy atom. The normalized spacial score (nSPS) is 11.1. The zero-order valence-corrected chi connectivity index (χ0v) is 15.1. The Hall–Kier alpha value is -2.26. The quantitative estimate of drug-likeness (QED) is 0.666. The minimum atomic E-state index is -2.51. The molecule has 0 bridgehead atoms. The lowest BCUT2D eigenvalue weighted by Gasteiger charge is -2.17. The molecule has 124 valence electrons. The van der Waals surface area contributed by atoms with Crippen LogP contribution in [0.4, 0.5) is 5.69 Å². The van der Waals surface area contributed by atoms with Crippen LogP contribution in [-0.4, -0.2) is 36.0 Å². The summed E-state index contributed by atoms with van der Waals surface area (Å²) >= 11 is 3.41. The number of rotatable bonds is 4. The molecule has 0 aliphatic heterocycles. The number of pyridine rings is 2. The van der Waals surface area contributed by atoms with Gasteiger partial charge in [-0.1, -0.05) is 6.07 Å². The number of hydrogen-bond donors (Lipinski definition) is 1. The maximum Gasteiger partial charge on any atom is 0.276 e. The topological polar surface area (TPSA) is 84.6 Å². The molecule has 0 aliphatic rings. The summed E-state index contributed by atoms with van der Waals surface area (Å²) < 4.78 is 24.0. The first-order valence-electron chi connectivity index (χ1n) is 6.93. The van der Waals surface area contributed by atoms with Gasteiger partial charge in [-0.2, -0.15) is 5.10 Å². The minimum Gasteiger partial charge on any atom is -0.310 e. The van der Waals surface area contributed by atoms with Gasteiger partial charge < -0.3 is 4.90 Å². The summed E-state index contributed by atoms with van der Waals surface area (Å²) in [6.45, 7) is 0. The number of carbonyl (C=O) groups is 1. The molecule has 0 saturated heterocycles. The second kappa shape index (κ2) is 6.70. The van der Waals surface area contributed by atoms with Crippen LogP contribution in [0.25, 0.3) is 5.52 Å². The summed E-state index contributed by atoms with van der Waals surface area (Å²) in [7, 11) is -0.858. The summed E-state index contributed by atoms with van der Waals surface area (Å²) in [4.78, 5) is 18.1. The first-order chi connectivity index (χ1) is 11.5. The van der Waals surface area contributed by atoms with Crippen molar-refractivity contribution in [2.45, 2.75) is 5.75 Å². The summed E-state index contributed by atoms with van der Waals surface area (Å²) in [6.07, 6.45) is 4.85. The number of carbonyl (C=O) groups excluding carboxylic acids is 1. The lowest BCUT2D eigenvalue weighted by molar-refractivity contribution is 0.0988. The van der Waals surface area contributed by atoms with E-state index in [-0.39, 0.29) is 17.4 Å². The van der Waals surface area contributed by atoms with E-state index >= 15 is 0 Å². The van der Waals surface area contributed by atoms with E-state index in [0.717, 1.165) is 9.99 Å².